The highest BCUT2D eigenvalue weighted by Crippen LogP contribution is 2.43. The van der Waals surface area contributed by atoms with Gasteiger partial charge in [-0.3, -0.25) is 14.5 Å². The predicted octanol–water partition coefficient (Wildman–Crippen LogP) is 5.86. The topological polar surface area (TPSA) is 70.8 Å². The van der Waals surface area contributed by atoms with Crippen molar-refractivity contribution >= 4 is 39.1 Å². The fourth-order valence-corrected chi connectivity index (χ4v) is 5.02. The maximum absolute atomic E-state index is 13.2. The molecular formula is C26H22BrNO4. The molecule has 162 valence electrons. The summed E-state index contributed by atoms with van der Waals surface area (Å²) in [6.45, 7) is 1.80. The van der Waals surface area contributed by atoms with Gasteiger partial charge in [-0.1, -0.05) is 34.1 Å². The second kappa shape index (κ2) is 8.10. The zero-order chi connectivity index (χ0) is 22.4. The number of aliphatic hydroxyl groups is 1. The first-order valence-electron chi connectivity index (χ1n) is 10.7. The first-order chi connectivity index (χ1) is 15.4. The standard InChI is InChI=1S/C26H22BrNO4/c1-15-9-12-21(32-15)23-22(24(29)18-11-10-16-5-2-3-6-17(16)13-18)25(30)26(31)28(23)20-8-4-7-19(27)14-20/h4,7-14,23,29H,2-3,5-6H2,1H3/b24-22-. The van der Waals surface area contributed by atoms with Crippen LogP contribution in [-0.4, -0.2) is 16.8 Å². The van der Waals surface area contributed by atoms with Gasteiger partial charge in [-0.15, -0.1) is 0 Å². The Morgan fingerprint density at radius 1 is 1.03 bits per heavy atom. The van der Waals surface area contributed by atoms with Crippen LogP contribution < -0.4 is 4.90 Å². The van der Waals surface area contributed by atoms with E-state index in [1.54, 1.807) is 37.3 Å². The van der Waals surface area contributed by atoms with E-state index < -0.39 is 17.7 Å². The number of ketones is 1. The molecule has 3 aromatic rings. The third-order valence-corrected chi connectivity index (χ3v) is 6.68. The summed E-state index contributed by atoms with van der Waals surface area (Å²) in [6.07, 6.45) is 4.24. The number of anilines is 1. The van der Waals surface area contributed by atoms with E-state index in [4.69, 9.17) is 4.42 Å². The van der Waals surface area contributed by atoms with Crippen molar-refractivity contribution in [2.45, 2.75) is 38.6 Å². The summed E-state index contributed by atoms with van der Waals surface area (Å²) in [7, 11) is 0. The van der Waals surface area contributed by atoms with Crippen molar-refractivity contribution in [1.29, 1.82) is 0 Å². The van der Waals surface area contributed by atoms with Gasteiger partial charge in [0.25, 0.3) is 11.7 Å². The molecule has 6 heteroatoms. The number of furan rings is 1. The van der Waals surface area contributed by atoms with E-state index in [2.05, 4.69) is 15.9 Å². The molecule has 32 heavy (non-hydrogen) atoms. The molecule has 0 saturated carbocycles. The van der Waals surface area contributed by atoms with E-state index in [-0.39, 0.29) is 11.3 Å². The number of fused-ring (bicyclic) bond motifs is 1. The summed E-state index contributed by atoms with van der Waals surface area (Å²) in [5.74, 6) is -0.496. The molecule has 1 atom stereocenters. The summed E-state index contributed by atoms with van der Waals surface area (Å²) in [4.78, 5) is 27.8. The minimum Gasteiger partial charge on any atom is -0.507 e. The van der Waals surface area contributed by atoms with E-state index in [0.29, 0.717) is 22.8 Å². The summed E-state index contributed by atoms with van der Waals surface area (Å²) in [6, 6.07) is 15.6. The Balaban J connectivity index is 1.69. The number of carbonyl (C=O) groups excluding carboxylic acids is 2. The second-order valence-electron chi connectivity index (χ2n) is 8.29. The lowest BCUT2D eigenvalue weighted by atomic mass is 9.89. The molecular weight excluding hydrogens is 470 g/mol. The maximum atomic E-state index is 13.2. The van der Waals surface area contributed by atoms with E-state index in [1.165, 1.54) is 16.0 Å². The fraction of sp³-hybridized carbons (Fsp3) is 0.231. The summed E-state index contributed by atoms with van der Waals surface area (Å²) in [5.41, 5.74) is 3.60. The predicted molar refractivity (Wildman–Crippen MR) is 125 cm³/mol. The van der Waals surface area contributed by atoms with Crippen molar-refractivity contribution in [3.8, 4) is 0 Å². The normalized spacial score (nSPS) is 19.9. The van der Waals surface area contributed by atoms with Gasteiger partial charge in [-0.25, -0.2) is 0 Å². The number of aliphatic hydroxyl groups excluding tert-OH is 1. The highest BCUT2D eigenvalue weighted by molar-refractivity contribution is 9.10. The Morgan fingerprint density at radius 3 is 2.53 bits per heavy atom. The van der Waals surface area contributed by atoms with Gasteiger partial charge in [0.2, 0.25) is 0 Å². The van der Waals surface area contributed by atoms with Gasteiger partial charge in [0, 0.05) is 15.7 Å². The van der Waals surface area contributed by atoms with Crippen LogP contribution in [0.3, 0.4) is 0 Å². The number of hydrogen-bond donors (Lipinski definition) is 1. The van der Waals surface area contributed by atoms with Crippen LogP contribution in [0.5, 0.6) is 0 Å². The Morgan fingerprint density at radius 2 is 1.81 bits per heavy atom. The lowest BCUT2D eigenvalue weighted by Gasteiger charge is -2.23. The molecule has 0 spiro atoms. The summed E-state index contributed by atoms with van der Waals surface area (Å²) < 4.78 is 6.63. The third-order valence-electron chi connectivity index (χ3n) is 6.18. The van der Waals surface area contributed by atoms with Gasteiger partial charge >= 0.3 is 0 Å². The summed E-state index contributed by atoms with van der Waals surface area (Å²) in [5, 5.41) is 11.3. The molecule has 1 aliphatic carbocycles. The fourth-order valence-electron chi connectivity index (χ4n) is 4.63. The third kappa shape index (κ3) is 3.48. The smallest absolute Gasteiger partial charge is 0.300 e. The molecule has 1 N–H and O–H groups in total. The van der Waals surface area contributed by atoms with Crippen LogP contribution in [0.15, 0.2) is 69.1 Å². The molecule has 1 unspecified atom stereocenters. The van der Waals surface area contributed by atoms with Crippen LogP contribution in [-0.2, 0) is 22.4 Å². The van der Waals surface area contributed by atoms with Gasteiger partial charge in [0.1, 0.15) is 23.3 Å². The number of hydrogen-bond acceptors (Lipinski definition) is 4. The molecule has 2 aromatic carbocycles. The van der Waals surface area contributed by atoms with Gasteiger partial charge < -0.3 is 9.52 Å². The van der Waals surface area contributed by atoms with Crippen LogP contribution >= 0.6 is 15.9 Å². The van der Waals surface area contributed by atoms with Crippen LogP contribution in [0.2, 0.25) is 0 Å². The van der Waals surface area contributed by atoms with E-state index in [1.807, 2.05) is 24.3 Å². The van der Waals surface area contributed by atoms with Gasteiger partial charge in [-0.05, 0) is 80.1 Å². The largest absolute Gasteiger partial charge is 0.507 e. The first-order valence-corrected chi connectivity index (χ1v) is 11.5. The monoisotopic (exact) mass is 491 g/mol. The van der Waals surface area contributed by atoms with Crippen molar-refractivity contribution in [1.82, 2.24) is 0 Å². The zero-order valence-electron chi connectivity index (χ0n) is 17.6. The van der Waals surface area contributed by atoms with Crippen LogP contribution in [0.1, 0.15) is 47.1 Å². The zero-order valence-corrected chi connectivity index (χ0v) is 19.2. The van der Waals surface area contributed by atoms with Crippen LogP contribution in [0.25, 0.3) is 5.76 Å². The van der Waals surface area contributed by atoms with Gasteiger partial charge in [0.05, 0.1) is 5.57 Å². The number of aryl methyl sites for hydroxylation is 3. The van der Waals surface area contributed by atoms with Crippen molar-refractivity contribution in [2.24, 2.45) is 0 Å². The average molecular weight is 492 g/mol. The molecule has 5 nitrogen and oxygen atoms in total. The van der Waals surface area contributed by atoms with Crippen molar-refractivity contribution < 1.29 is 19.1 Å². The number of carbonyl (C=O) groups is 2. The quantitative estimate of drug-likeness (QED) is 0.283. The van der Waals surface area contributed by atoms with Crippen molar-refractivity contribution in [3.05, 3.63) is 92.9 Å². The van der Waals surface area contributed by atoms with Crippen molar-refractivity contribution in [3.63, 3.8) is 0 Å². The molecule has 2 aliphatic rings. The highest BCUT2D eigenvalue weighted by atomic mass is 79.9. The lowest BCUT2D eigenvalue weighted by Crippen LogP contribution is -2.29. The Kier molecular flexibility index (Phi) is 5.25. The highest BCUT2D eigenvalue weighted by Gasteiger charge is 2.48. The SMILES string of the molecule is Cc1ccc(C2/C(=C(/O)c3ccc4c(c3)CCCC4)C(=O)C(=O)N2c2cccc(Br)c2)o1. The molecule has 2 heterocycles. The molecule has 5 rings (SSSR count). The maximum Gasteiger partial charge on any atom is 0.300 e. The van der Waals surface area contributed by atoms with Gasteiger partial charge in [0.15, 0.2) is 0 Å². The van der Waals surface area contributed by atoms with Gasteiger partial charge in [-0.2, -0.15) is 0 Å². The second-order valence-corrected chi connectivity index (χ2v) is 9.20. The molecule has 1 aromatic heterocycles. The Hall–Kier alpha value is -3.12. The van der Waals surface area contributed by atoms with E-state index in [0.717, 1.165) is 30.2 Å². The van der Waals surface area contributed by atoms with E-state index in [9.17, 15) is 14.7 Å². The van der Waals surface area contributed by atoms with Crippen LogP contribution in [0.4, 0.5) is 5.69 Å². The molecule has 1 saturated heterocycles. The Labute approximate surface area is 194 Å². The number of halogens is 1. The van der Waals surface area contributed by atoms with Crippen molar-refractivity contribution in [2.75, 3.05) is 4.90 Å². The number of amides is 1. The average Bonchev–Trinajstić information content (AvgIpc) is 3.33. The number of benzene rings is 2. The molecule has 0 bridgehead atoms. The molecule has 1 fully saturated rings. The Bertz CT molecular complexity index is 1270. The van der Waals surface area contributed by atoms with Crippen LogP contribution in [0, 0.1) is 6.92 Å². The molecule has 1 aliphatic heterocycles. The first kappa shape index (κ1) is 20.8. The number of Topliss-reactive ketones (excluding diaryl/α,β-unsaturated/α-hetero) is 1. The van der Waals surface area contributed by atoms with E-state index >= 15 is 0 Å². The minimum absolute atomic E-state index is 0.0417. The number of nitrogens with zero attached hydrogens (tertiary/aromatic N) is 1. The summed E-state index contributed by atoms with van der Waals surface area (Å²) >= 11 is 3.43. The minimum atomic E-state index is -0.853. The molecule has 0 radical (unpaired) electrons. The lowest BCUT2D eigenvalue weighted by molar-refractivity contribution is -0.132. The number of rotatable bonds is 3. The molecule has 1 amide bonds.